The molecule has 0 heterocycles. The Balaban J connectivity index is 2.17. The molecule has 26 heavy (non-hydrogen) atoms. The molecule has 0 bridgehead atoms. The van der Waals surface area contributed by atoms with Crippen molar-refractivity contribution in [3.8, 4) is 11.1 Å². The fourth-order valence-electron chi connectivity index (χ4n) is 2.25. The quantitative estimate of drug-likeness (QED) is 0.392. The molecular weight excluding hydrogens is 384 g/mol. The van der Waals surface area contributed by atoms with E-state index in [9.17, 15) is 18.5 Å². The summed E-state index contributed by atoms with van der Waals surface area (Å²) in [4.78, 5) is 14.2. The maximum Gasteiger partial charge on any atom is 0.294 e. The summed E-state index contributed by atoms with van der Waals surface area (Å²) in [5.41, 5.74) is 1.85. The molecule has 2 rings (SSSR count). The highest BCUT2D eigenvalue weighted by atomic mass is 35.5. The van der Waals surface area contributed by atoms with Crippen molar-refractivity contribution in [2.24, 2.45) is 5.14 Å². The number of ether oxygens (including phenoxy) is 1. The Morgan fingerprint density at radius 1 is 1.15 bits per heavy atom. The summed E-state index contributed by atoms with van der Waals surface area (Å²) in [7, 11) is -3.91. The minimum Gasteiger partial charge on any atom is -0.377 e. The van der Waals surface area contributed by atoms with Gasteiger partial charge in [-0.1, -0.05) is 29.8 Å². The van der Waals surface area contributed by atoms with Crippen molar-refractivity contribution in [1.82, 2.24) is 0 Å². The highest BCUT2D eigenvalue weighted by Crippen LogP contribution is 2.30. The van der Waals surface area contributed by atoms with E-state index in [4.69, 9.17) is 21.5 Å². The van der Waals surface area contributed by atoms with E-state index >= 15 is 0 Å². The molecule has 0 radical (unpaired) electrons. The summed E-state index contributed by atoms with van der Waals surface area (Å²) >= 11 is 6.18. The SMILES string of the molecule is NS(=O)(=O)c1cc(COCCCO[N+](=O)[O-])cc(-c2ccccc2Cl)c1. The summed E-state index contributed by atoms with van der Waals surface area (Å²) < 4.78 is 28.9. The summed E-state index contributed by atoms with van der Waals surface area (Å²) in [5, 5.41) is 14.9. The predicted molar refractivity (Wildman–Crippen MR) is 95.5 cm³/mol. The van der Waals surface area contributed by atoms with Crippen LogP contribution in [0.5, 0.6) is 0 Å². The van der Waals surface area contributed by atoms with E-state index in [0.717, 1.165) is 0 Å². The van der Waals surface area contributed by atoms with E-state index in [1.165, 1.54) is 12.1 Å². The van der Waals surface area contributed by atoms with Crippen LogP contribution in [0.3, 0.4) is 0 Å². The van der Waals surface area contributed by atoms with E-state index < -0.39 is 15.1 Å². The number of hydrogen-bond acceptors (Lipinski definition) is 6. The molecule has 0 aliphatic heterocycles. The minimum absolute atomic E-state index is 0.0507. The number of halogens is 1. The molecule has 140 valence electrons. The van der Waals surface area contributed by atoms with E-state index in [-0.39, 0.29) is 24.7 Å². The maximum absolute atomic E-state index is 11.8. The Hall–Kier alpha value is -2.20. The molecule has 2 N–H and O–H groups in total. The predicted octanol–water partition coefficient (Wildman–Crippen LogP) is 2.77. The van der Waals surface area contributed by atoms with Crippen molar-refractivity contribution in [1.29, 1.82) is 0 Å². The van der Waals surface area contributed by atoms with Gasteiger partial charge in [-0.2, -0.15) is 0 Å². The van der Waals surface area contributed by atoms with Gasteiger partial charge in [-0.15, -0.1) is 10.1 Å². The topological polar surface area (TPSA) is 122 Å². The van der Waals surface area contributed by atoms with Crippen LogP contribution in [-0.4, -0.2) is 26.7 Å². The lowest BCUT2D eigenvalue weighted by Gasteiger charge is -2.11. The third-order valence-corrected chi connectivity index (χ3v) is 4.60. The number of hydrogen-bond donors (Lipinski definition) is 1. The number of nitrogens with zero attached hydrogens (tertiary/aromatic N) is 1. The molecule has 0 unspecified atom stereocenters. The average molecular weight is 401 g/mol. The molecule has 0 saturated carbocycles. The van der Waals surface area contributed by atoms with Crippen molar-refractivity contribution in [2.75, 3.05) is 13.2 Å². The second-order valence-corrected chi connectivity index (χ2v) is 7.32. The number of benzene rings is 2. The van der Waals surface area contributed by atoms with Crippen LogP contribution in [0, 0.1) is 10.1 Å². The van der Waals surface area contributed by atoms with Gasteiger partial charge in [0.15, 0.2) is 0 Å². The van der Waals surface area contributed by atoms with Gasteiger partial charge >= 0.3 is 0 Å². The van der Waals surface area contributed by atoms with Crippen molar-refractivity contribution < 1.29 is 23.1 Å². The number of nitrogens with two attached hydrogens (primary N) is 1. The Morgan fingerprint density at radius 3 is 2.54 bits per heavy atom. The van der Waals surface area contributed by atoms with E-state index in [1.807, 2.05) is 0 Å². The molecule has 0 aliphatic rings. The molecule has 0 atom stereocenters. The largest absolute Gasteiger partial charge is 0.377 e. The molecule has 0 fully saturated rings. The second-order valence-electron chi connectivity index (χ2n) is 5.35. The fourth-order valence-corrected chi connectivity index (χ4v) is 3.10. The molecule has 0 saturated heterocycles. The molecule has 0 amide bonds. The zero-order chi connectivity index (χ0) is 19.2. The first kappa shape index (κ1) is 20.1. The smallest absolute Gasteiger partial charge is 0.294 e. The number of rotatable bonds is 9. The van der Waals surface area contributed by atoms with Gasteiger partial charge < -0.3 is 9.57 Å². The fraction of sp³-hybridized carbons (Fsp3) is 0.250. The van der Waals surface area contributed by atoms with Gasteiger partial charge in [0.1, 0.15) is 0 Å². The van der Waals surface area contributed by atoms with Gasteiger partial charge in [-0.25, -0.2) is 13.6 Å². The van der Waals surface area contributed by atoms with Gasteiger partial charge in [0.05, 0.1) is 18.1 Å². The zero-order valence-corrected chi connectivity index (χ0v) is 15.2. The number of primary sulfonamides is 1. The first-order chi connectivity index (χ1) is 12.3. The molecule has 2 aromatic carbocycles. The normalized spacial score (nSPS) is 11.3. The van der Waals surface area contributed by atoms with E-state index in [2.05, 4.69) is 4.84 Å². The van der Waals surface area contributed by atoms with Crippen molar-refractivity contribution in [2.45, 2.75) is 17.9 Å². The second kappa shape index (κ2) is 8.95. The van der Waals surface area contributed by atoms with Crippen LogP contribution in [0.25, 0.3) is 11.1 Å². The first-order valence-corrected chi connectivity index (χ1v) is 9.46. The van der Waals surface area contributed by atoms with Crippen LogP contribution in [0.2, 0.25) is 5.02 Å². The Kier molecular flexibility index (Phi) is 6.92. The van der Waals surface area contributed by atoms with E-state index in [0.29, 0.717) is 28.1 Å². The van der Waals surface area contributed by atoms with Crippen LogP contribution in [0.1, 0.15) is 12.0 Å². The Bertz CT molecular complexity index is 888. The third kappa shape index (κ3) is 5.95. The van der Waals surface area contributed by atoms with Gasteiger partial charge in [0.2, 0.25) is 10.0 Å². The monoisotopic (exact) mass is 400 g/mol. The molecule has 8 nitrogen and oxygen atoms in total. The molecule has 10 heteroatoms. The van der Waals surface area contributed by atoms with Crippen LogP contribution in [0.4, 0.5) is 0 Å². The van der Waals surface area contributed by atoms with Gasteiger partial charge in [-0.05, 0) is 41.8 Å². The third-order valence-electron chi connectivity index (χ3n) is 3.38. The highest BCUT2D eigenvalue weighted by molar-refractivity contribution is 7.89. The molecule has 0 aromatic heterocycles. The van der Waals surface area contributed by atoms with Crippen molar-refractivity contribution in [3.05, 3.63) is 63.2 Å². The average Bonchev–Trinajstić information content (AvgIpc) is 2.57. The molecule has 0 aliphatic carbocycles. The summed E-state index contributed by atoms with van der Waals surface area (Å²) in [6.07, 6.45) is 0.327. The molecular formula is C16H17ClN2O6S. The lowest BCUT2D eigenvalue weighted by molar-refractivity contribution is -0.757. The first-order valence-electron chi connectivity index (χ1n) is 7.54. The van der Waals surface area contributed by atoms with Crippen LogP contribution in [0.15, 0.2) is 47.4 Å². The summed E-state index contributed by atoms with van der Waals surface area (Å²) in [6, 6.07) is 11.6. The zero-order valence-electron chi connectivity index (χ0n) is 13.6. The van der Waals surface area contributed by atoms with Gasteiger partial charge in [-0.3, -0.25) is 0 Å². The van der Waals surface area contributed by atoms with Gasteiger partial charge in [0.25, 0.3) is 5.09 Å². The highest BCUT2D eigenvalue weighted by Gasteiger charge is 2.13. The van der Waals surface area contributed by atoms with Crippen LogP contribution in [-0.2, 0) is 26.2 Å². The van der Waals surface area contributed by atoms with Crippen LogP contribution < -0.4 is 5.14 Å². The van der Waals surface area contributed by atoms with E-state index in [1.54, 1.807) is 30.3 Å². The Labute approximate surface area is 155 Å². The maximum atomic E-state index is 11.8. The standard InChI is InChI=1S/C16H17ClN2O6S/c17-16-5-2-1-4-15(16)13-8-12(9-14(10-13)26(18,22)23)11-24-6-3-7-25-19(20)21/h1-2,4-5,8-10H,3,6-7,11H2,(H2,18,22,23). The lowest BCUT2D eigenvalue weighted by atomic mass is 10.0. The number of sulfonamides is 1. The summed E-state index contributed by atoms with van der Waals surface area (Å²) in [5.74, 6) is 0. The van der Waals surface area contributed by atoms with Crippen LogP contribution >= 0.6 is 11.6 Å². The van der Waals surface area contributed by atoms with Crippen molar-refractivity contribution >= 4 is 21.6 Å². The molecule has 2 aromatic rings. The van der Waals surface area contributed by atoms with Crippen molar-refractivity contribution in [3.63, 3.8) is 0 Å². The van der Waals surface area contributed by atoms with Gasteiger partial charge in [0, 0.05) is 17.2 Å². The Morgan fingerprint density at radius 2 is 1.88 bits per heavy atom. The summed E-state index contributed by atoms with van der Waals surface area (Å²) in [6.45, 7) is 0.253. The molecule has 0 spiro atoms. The lowest BCUT2D eigenvalue weighted by Crippen LogP contribution is -2.13. The minimum atomic E-state index is -3.91.